The molecule has 6 heteroatoms. The second-order valence-electron chi connectivity index (χ2n) is 10.9. The van der Waals surface area contributed by atoms with Crippen LogP contribution in [0.2, 0.25) is 0 Å². The Kier molecular flexibility index (Phi) is 6.88. The van der Waals surface area contributed by atoms with Crippen LogP contribution in [0.4, 0.5) is 0 Å². The van der Waals surface area contributed by atoms with Gasteiger partial charge in [0.25, 0.3) is 0 Å². The van der Waals surface area contributed by atoms with Gasteiger partial charge in [0, 0.05) is 35.5 Å². The van der Waals surface area contributed by atoms with Crippen LogP contribution in [0.3, 0.4) is 0 Å². The zero-order chi connectivity index (χ0) is 26.9. The van der Waals surface area contributed by atoms with E-state index >= 15 is 0 Å². The minimum Gasteiger partial charge on any atom is -0.508 e. The van der Waals surface area contributed by atoms with Crippen molar-refractivity contribution >= 4 is 11.1 Å². The number of hydrogen-bond acceptors (Lipinski definition) is 5. The number of rotatable bonds is 7. The molecule has 0 spiro atoms. The molecule has 3 unspecified atom stereocenters. The first-order valence-corrected chi connectivity index (χ1v) is 13.7. The van der Waals surface area contributed by atoms with E-state index in [2.05, 4.69) is 66.2 Å². The zero-order valence-corrected chi connectivity index (χ0v) is 22.7. The third kappa shape index (κ3) is 5.17. The maximum Gasteiger partial charge on any atom is 0.150 e. The summed E-state index contributed by atoms with van der Waals surface area (Å²) in [5.41, 5.74) is 7.02. The zero-order valence-electron chi connectivity index (χ0n) is 22.7. The van der Waals surface area contributed by atoms with Gasteiger partial charge in [-0.2, -0.15) is 5.10 Å². The van der Waals surface area contributed by atoms with Crippen LogP contribution in [0.15, 0.2) is 79.0 Å². The Hall–Kier alpha value is -4.03. The fraction of sp³-hybridized carbons (Fsp3) is 0.303. The topological polar surface area (TPSA) is 70.6 Å². The van der Waals surface area contributed by atoms with E-state index in [4.69, 9.17) is 9.47 Å². The number of H-pyrrole nitrogens is 1. The number of benzene rings is 3. The van der Waals surface area contributed by atoms with E-state index in [1.807, 2.05) is 36.5 Å². The highest BCUT2D eigenvalue weighted by molar-refractivity contribution is 5.96. The molecule has 0 aliphatic carbocycles. The summed E-state index contributed by atoms with van der Waals surface area (Å²) in [6, 6.07) is 24.2. The lowest BCUT2D eigenvalue weighted by atomic mass is 9.85. The summed E-state index contributed by atoms with van der Waals surface area (Å²) in [5, 5.41) is 17.5. The molecule has 6 rings (SSSR count). The molecule has 6 nitrogen and oxygen atoms in total. The smallest absolute Gasteiger partial charge is 0.150 e. The Morgan fingerprint density at radius 3 is 2.64 bits per heavy atom. The van der Waals surface area contributed by atoms with Crippen molar-refractivity contribution in [3.8, 4) is 28.5 Å². The van der Waals surface area contributed by atoms with Crippen LogP contribution < -0.4 is 9.47 Å². The predicted octanol–water partition coefficient (Wildman–Crippen LogP) is 6.96. The monoisotopic (exact) mass is 521 g/mol. The summed E-state index contributed by atoms with van der Waals surface area (Å²) in [6.45, 7) is 9.65. The molecule has 4 aromatic rings. The third-order valence-electron chi connectivity index (χ3n) is 8.00. The number of nitrogens with zero attached hydrogens (tertiary/aromatic N) is 2. The number of phenols is 1. The summed E-state index contributed by atoms with van der Waals surface area (Å²) in [4.78, 5) is 2.51. The predicted molar refractivity (Wildman–Crippen MR) is 155 cm³/mol. The second kappa shape index (κ2) is 10.6. The van der Waals surface area contributed by atoms with Gasteiger partial charge in [-0.3, -0.25) is 10.00 Å². The summed E-state index contributed by atoms with van der Waals surface area (Å²) in [7, 11) is 0. The van der Waals surface area contributed by atoms with Crippen LogP contribution in [0.25, 0.3) is 22.4 Å². The Morgan fingerprint density at radius 1 is 1.08 bits per heavy atom. The van der Waals surface area contributed by atoms with Crippen LogP contribution in [0.1, 0.15) is 50.0 Å². The largest absolute Gasteiger partial charge is 0.508 e. The Bertz CT molecular complexity index is 1480. The van der Waals surface area contributed by atoms with E-state index in [0.717, 1.165) is 69.6 Å². The molecule has 0 saturated carbocycles. The molecule has 2 aliphatic rings. The number of phenolic OH excluding ortho intramolecular Hbond substituents is 1. The minimum atomic E-state index is -0.340. The average molecular weight is 522 g/mol. The molecule has 2 N–H and O–H groups in total. The first kappa shape index (κ1) is 25.3. The standard InChI is InChI=1S/C33H35N3O3/c1-21-14-16-36(19-21)22(2)20-38-28-10-7-24(8-11-28)33-32(26-5-4-6-27(37)17-26)23(3)29-12-9-25(18-31(29)39-33)30-13-15-34-35-30/h4-13,15,17-18,21-22,33,37H,14,16,19-20H2,1-3H3,(H,34,35). The minimum absolute atomic E-state index is 0.233. The van der Waals surface area contributed by atoms with Gasteiger partial charge in [0.1, 0.15) is 30.0 Å². The number of aromatic hydroxyl groups is 1. The Balaban J connectivity index is 1.30. The van der Waals surface area contributed by atoms with Gasteiger partial charge in [0.15, 0.2) is 0 Å². The molecule has 0 amide bonds. The van der Waals surface area contributed by atoms with Crippen LogP contribution >= 0.6 is 0 Å². The molecule has 1 aromatic heterocycles. The maximum absolute atomic E-state index is 10.3. The van der Waals surface area contributed by atoms with Crippen molar-refractivity contribution in [1.82, 2.24) is 15.1 Å². The average Bonchev–Trinajstić information content (AvgIpc) is 3.64. The quantitative estimate of drug-likeness (QED) is 0.275. The lowest BCUT2D eigenvalue weighted by molar-refractivity contribution is 0.169. The molecule has 1 fully saturated rings. The lowest BCUT2D eigenvalue weighted by Gasteiger charge is -2.31. The second-order valence-corrected chi connectivity index (χ2v) is 10.9. The van der Waals surface area contributed by atoms with Gasteiger partial charge >= 0.3 is 0 Å². The molecular formula is C33H35N3O3. The van der Waals surface area contributed by atoms with Gasteiger partial charge < -0.3 is 14.6 Å². The number of fused-ring (bicyclic) bond motifs is 1. The number of likely N-dealkylation sites (tertiary alicyclic amines) is 1. The van der Waals surface area contributed by atoms with Crippen molar-refractivity contribution in [2.45, 2.75) is 39.3 Å². The van der Waals surface area contributed by atoms with Gasteiger partial charge in [-0.1, -0.05) is 43.3 Å². The molecule has 1 saturated heterocycles. The summed E-state index contributed by atoms with van der Waals surface area (Å²) >= 11 is 0. The molecule has 200 valence electrons. The van der Waals surface area contributed by atoms with Gasteiger partial charge in [-0.05, 0) is 85.8 Å². The van der Waals surface area contributed by atoms with Crippen LogP contribution in [0.5, 0.6) is 17.2 Å². The maximum atomic E-state index is 10.3. The molecule has 3 heterocycles. The van der Waals surface area contributed by atoms with Crippen molar-refractivity contribution in [1.29, 1.82) is 0 Å². The third-order valence-corrected chi connectivity index (χ3v) is 8.00. The normalized spacial score (nSPS) is 20.0. The van der Waals surface area contributed by atoms with Gasteiger partial charge in [-0.15, -0.1) is 0 Å². The summed E-state index contributed by atoms with van der Waals surface area (Å²) < 4.78 is 12.9. The first-order chi connectivity index (χ1) is 19.0. The van der Waals surface area contributed by atoms with Crippen LogP contribution in [-0.4, -0.2) is 45.9 Å². The van der Waals surface area contributed by atoms with Crippen LogP contribution in [-0.2, 0) is 0 Å². The van der Waals surface area contributed by atoms with Crippen molar-refractivity contribution in [3.63, 3.8) is 0 Å². The van der Waals surface area contributed by atoms with Gasteiger partial charge in [0.2, 0.25) is 0 Å². The number of nitrogens with one attached hydrogen (secondary N) is 1. The van der Waals surface area contributed by atoms with Crippen molar-refractivity contribution < 1.29 is 14.6 Å². The first-order valence-electron chi connectivity index (χ1n) is 13.7. The van der Waals surface area contributed by atoms with E-state index in [-0.39, 0.29) is 11.9 Å². The van der Waals surface area contributed by atoms with E-state index < -0.39 is 0 Å². The molecule has 0 radical (unpaired) electrons. The molecule has 3 atom stereocenters. The SMILES string of the molecule is CC1=C(c2cccc(O)c2)C(c2ccc(OCC(C)N3CCC(C)C3)cc2)Oc2cc(-c3cc[nH]n3)ccc21. The lowest BCUT2D eigenvalue weighted by Crippen LogP contribution is -2.35. The van der Waals surface area contributed by atoms with Gasteiger partial charge in [-0.25, -0.2) is 0 Å². The molecular weight excluding hydrogens is 486 g/mol. The van der Waals surface area contributed by atoms with E-state index in [1.54, 1.807) is 12.1 Å². The fourth-order valence-corrected chi connectivity index (χ4v) is 5.74. The van der Waals surface area contributed by atoms with Gasteiger partial charge in [0.05, 0.1) is 5.69 Å². The molecule has 39 heavy (non-hydrogen) atoms. The highest BCUT2D eigenvalue weighted by atomic mass is 16.5. The summed E-state index contributed by atoms with van der Waals surface area (Å²) in [6.07, 6.45) is 2.74. The highest BCUT2D eigenvalue weighted by Gasteiger charge is 2.30. The highest BCUT2D eigenvalue weighted by Crippen LogP contribution is 2.47. The van der Waals surface area contributed by atoms with E-state index in [1.165, 1.54) is 6.42 Å². The molecule has 0 bridgehead atoms. The fourth-order valence-electron chi connectivity index (χ4n) is 5.74. The van der Waals surface area contributed by atoms with Crippen molar-refractivity contribution in [2.75, 3.05) is 19.7 Å². The number of aromatic amines is 1. The number of allylic oxidation sites excluding steroid dienone is 1. The summed E-state index contributed by atoms with van der Waals surface area (Å²) in [5.74, 6) is 2.67. The number of ether oxygens (including phenoxy) is 2. The van der Waals surface area contributed by atoms with E-state index in [9.17, 15) is 5.11 Å². The van der Waals surface area contributed by atoms with E-state index in [0.29, 0.717) is 12.6 Å². The van der Waals surface area contributed by atoms with Crippen LogP contribution in [0, 0.1) is 5.92 Å². The Labute approximate surface area is 229 Å². The van der Waals surface area contributed by atoms with Crippen molar-refractivity contribution in [3.05, 3.63) is 95.7 Å². The Morgan fingerprint density at radius 2 is 1.92 bits per heavy atom. The molecule has 3 aromatic carbocycles. The number of aromatic nitrogens is 2. The number of hydrogen-bond donors (Lipinski definition) is 2. The molecule has 2 aliphatic heterocycles. The van der Waals surface area contributed by atoms with Crippen molar-refractivity contribution in [2.24, 2.45) is 5.92 Å².